The first-order chi connectivity index (χ1) is 5.18. The van der Waals surface area contributed by atoms with Crippen molar-refractivity contribution in [2.45, 2.75) is 32.1 Å². The van der Waals surface area contributed by atoms with Crippen LogP contribution in [0.1, 0.15) is 25.7 Å². The second kappa shape index (κ2) is 6.19. The zero-order chi connectivity index (χ0) is 8.69. The van der Waals surface area contributed by atoms with Crippen LogP contribution in [0.4, 0.5) is 13.2 Å². The monoisotopic (exact) mass is 168 g/mol. The Morgan fingerprint density at radius 3 is 2.27 bits per heavy atom. The summed E-state index contributed by atoms with van der Waals surface area (Å²) in [6.45, 7) is -0.442. The van der Waals surface area contributed by atoms with E-state index in [1.54, 1.807) is 0 Å². The third-order valence-electron chi connectivity index (χ3n) is 1.30. The molecule has 0 aromatic carbocycles. The molecule has 0 atom stereocenters. The van der Waals surface area contributed by atoms with Gasteiger partial charge in [0.15, 0.2) is 5.78 Å². The molecule has 0 aliphatic heterocycles. The Balaban J connectivity index is 3.18. The molecule has 0 bridgehead atoms. The van der Waals surface area contributed by atoms with E-state index in [1.807, 2.05) is 0 Å². The van der Waals surface area contributed by atoms with Crippen molar-refractivity contribution < 1.29 is 18.0 Å². The lowest BCUT2D eigenvalue weighted by Crippen LogP contribution is -2.08. The minimum Gasteiger partial charge on any atom is -0.293 e. The number of carbonyl (C=O) groups is 1. The quantitative estimate of drug-likeness (QED) is 0.556. The van der Waals surface area contributed by atoms with Gasteiger partial charge in [0.2, 0.25) is 0 Å². The topological polar surface area (TPSA) is 17.1 Å². The Morgan fingerprint density at radius 1 is 1.18 bits per heavy atom. The lowest BCUT2D eigenvalue weighted by atomic mass is 10.1. The smallest absolute Gasteiger partial charge is 0.293 e. The molecular weight excluding hydrogens is 157 g/mol. The fraction of sp³-hybridized carbons (Fsp3) is 0.857. The number of hydrogen-bond acceptors (Lipinski definition) is 1. The fourth-order valence-electron chi connectivity index (χ4n) is 0.680. The van der Waals surface area contributed by atoms with Crippen molar-refractivity contribution in [2.75, 3.05) is 6.67 Å². The zero-order valence-electron chi connectivity index (χ0n) is 6.16. The van der Waals surface area contributed by atoms with Crippen LogP contribution in [-0.4, -0.2) is 18.9 Å². The molecular formula is C7H11F3O. The average molecular weight is 168 g/mol. The van der Waals surface area contributed by atoms with Crippen LogP contribution in [0.5, 0.6) is 0 Å². The molecule has 0 saturated heterocycles. The van der Waals surface area contributed by atoms with Gasteiger partial charge in [-0.15, -0.1) is 0 Å². The molecule has 0 unspecified atom stereocenters. The molecule has 0 amide bonds. The Labute approximate surface area is 63.6 Å². The second-order valence-electron chi connectivity index (χ2n) is 2.27. The van der Waals surface area contributed by atoms with E-state index in [0.717, 1.165) is 0 Å². The molecule has 0 aliphatic carbocycles. The van der Waals surface area contributed by atoms with Crippen molar-refractivity contribution >= 4 is 5.78 Å². The third-order valence-corrected chi connectivity index (χ3v) is 1.30. The van der Waals surface area contributed by atoms with Gasteiger partial charge in [-0.2, -0.15) is 0 Å². The summed E-state index contributed by atoms with van der Waals surface area (Å²) in [4.78, 5) is 10.3. The first-order valence-corrected chi connectivity index (χ1v) is 3.55. The summed E-state index contributed by atoms with van der Waals surface area (Å²) in [5, 5.41) is 0. The standard InChI is InChI=1S/C7H11F3O/c8-5-3-1-2-4-6(11)7(9)10/h7H,1-5H2. The lowest BCUT2D eigenvalue weighted by Gasteiger charge is -1.97. The Morgan fingerprint density at radius 2 is 1.82 bits per heavy atom. The van der Waals surface area contributed by atoms with Crippen LogP contribution in [0.3, 0.4) is 0 Å². The van der Waals surface area contributed by atoms with Crippen LogP contribution in [0.15, 0.2) is 0 Å². The Kier molecular flexibility index (Phi) is 5.88. The summed E-state index contributed by atoms with van der Waals surface area (Å²) in [7, 11) is 0. The molecule has 0 N–H and O–H groups in total. The Hall–Kier alpha value is -0.540. The fourth-order valence-corrected chi connectivity index (χ4v) is 0.680. The van der Waals surface area contributed by atoms with E-state index in [1.165, 1.54) is 0 Å². The van der Waals surface area contributed by atoms with Crippen molar-refractivity contribution in [3.8, 4) is 0 Å². The predicted molar refractivity (Wildman–Crippen MR) is 35.5 cm³/mol. The summed E-state index contributed by atoms with van der Waals surface area (Å²) in [6.07, 6.45) is -1.75. The maximum absolute atomic E-state index is 11.5. The van der Waals surface area contributed by atoms with E-state index in [-0.39, 0.29) is 6.42 Å². The minimum atomic E-state index is -2.86. The summed E-state index contributed by atoms with van der Waals surface area (Å²) < 4.78 is 34.5. The van der Waals surface area contributed by atoms with Gasteiger partial charge in [0.25, 0.3) is 6.43 Å². The van der Waals surface area contributed by atoms with E-state index in [9.17, 15) is 18.0 Å². The van der Waals surface area contributed by atoms with E-state index in [2.05, 4.69) is 0 Å². The molecule has 0 aromatic heterocycles. The van der Waals surface area contributed by atoms with Crippen LogP contribution in [0, 0.1) is 0 Å². The average Bonchev–Trinajstić information content (AvgIpc) is 1.97. The predicted octanol–water partition coefficient (Wildman–Crippen LogP) is 2.35. The highest BCUT2D eigenvalue weighted by Gasteiger charge is 2.13. The molecule has 0 heterocycles. The second-order valence-corrected chi connectivity index (χ2v) is 2.27. The normalized spacial score (nSPS) is 10.5. The molecule has 11 heavy (non-hydrogen) atoms. The SMILES string of the molecule is O=C(CCCCCF)C(F)F. The van der Waals surface area contributed by atoms with Crippen molar-refractivity contribution in [3.05, 3.63) is 0 Å². The molecule has 0 spiro atoms. The zero-order valence-corrected chi connectivity index (χ0v) is 6.16. The summed E-state index contributed by atoms with van der Waals surface area (Å²) in [6, 6.07) is 0. The molecule has 0 fully saturated rings. The Bertz CT molecular complexity index is 114. The van der Waals surface area contributed by atoms with E-state index < -0.39 is 18.9 Å². The number of ketones is 1. The molecule has 66 valence electrons. The van der Waals surface area contributed by atoms with Crippen molar-refractivity contribution in [2.24, 2.45) is 0 Å². The van der Waals surface area contributed by atoms with Crippen molar-refractivity contribution in [1.82, 2.24) is 0 Å². The number of halogens is 3. The number of Topliss-reactive ketones (excluding diaryl/α,β-unsaturated/α-hetero) is 1. The molecule has 0 radical (unpaired) electrons. The number of rotatable bonds is 6. The highest BCUT2D eigenvalue weighted by molar-refractivity contribution is 5.81. The van der Waals surface area contributed by atoms with Crippen LogP contribution in [0.2, 0.25) is 0 Å². The number of alkyl halides is 3. The van der Waals surface area contributed by atoms with E-state index >= 15 is 0 Å². The van der Waals surface area contributed by atoms with E-state index in [0.29, 0.717) is 19.3 Å². The summed E-state index contributed by atoms with van der Waals surface area (Å²) in [5.74, 6) is -1.04. The molecule has 1 nitrogen and oxygen atoms in total. The summed E-state index contributed by atoms with van der Waals surface area (Å²) >= 11 is 0. The van der Waals surface area contributed by atoms with Crippen molar-refractivity contribution in [1.29, 1.82) is 0 Å². The molecule has 4 heteroatoms. The first-order valence-electron chi connectivity index (χ1n) is 3.55. The molecule has 0 aliphatic rings. The van der Waals surface area contributed by atoms with Gasteiger partial charge in [-0.1, -0.05) is 6.42 Å². The number of unbranched alkanes of at least 4 members (excludes halogenated alkanes) is 2. The highest BCUT2D eigenvalue weighted by atomic mass is 19.3. The largest absolute Gasteiger partial charge is 0.295 e. The first kappa shape index (κ1) is 10.5. The van der Waals surface area contributed by atoms with Crippen LogP contribution >= 0.6 is 0 Å². The van der Waals surface area contributed by atoms with Gasteiger partial charge in [-0.25, -0.2) is 8.78 Å². The van der Waals surface area contributed by atoms with Gasteiger partial charge in [-0.3, -0.25) is 9.18 Å². The van der Waals surface area contributed by atoms with Crippen molar-refractivity contribution in [3.63, 3.8) is 0 Å². The molecule has 0 saturated carbocycles. The van der Waals surface area contributed by atoms with Gasteiger partial charge in [0.1, 0.15) is 0 Å². The van der Waals surface area contributed by atoms with Crippen LogP contribution < -0.4 is 0 Å². The van der Waals surface area contributed by atoms with E-state index in [4.69, 9.17) is 0 Å². The summed E-state index contributed by atoms with van der Waals surface area (Å²) in [5.41, 5.74) is 0. The molecule has 0 aromatic rings. The maximum atomic E-state index is 11.5. The van der Waals surface area contributed by atoms with Crippen LogP contribution in [-0.2, 0) is 4.79 Å². The highest BCUT2D eigenvalue weighted by Crippen LogP contribution is 2.05. The third kappa shape index (κ3) is 5.88. The van der Waals surface area contributed by atoms with Gasteiger partial charge in [-0.05, 0) is 12.8 Å². The van der Waals surface area contributed by atoms with Gasteiger partial charge >= 0.3 is 0 Å². The minimum absolute atomic E-state index is 0.127. The number of hydrogen-bond donors (Lipinski definition) is 0. The lowest BCUT2D eigenvalue weighted by molar-refractivity contribution is -0.129. The number of carbonyl (C=O) groups excluding carboxylic acids is 1. The molecule has 0 rings (SSSR count). The van der Waals surface area contributed by atoms with Gasteiger partial charge < -0.3 is 0 Å². The van der Waals surface area contributed by atoms with Gasteiger partial charge in [0, 0.05) is 6.42 Å². The maximum Gasteiger partial charge on any atom is 0.295 e. The van der Waals surface area contributed by atoms with Gasteiger partial charge in [0.05, 0.1) is 6.67 Å². The van der Waals surface area contributed by atoms with Crippen LogP contribution in [0.25, 0.3) is 0 Å².